The van der Waals surface area contributed by atoms with E-state index in [1.165, 1.54) is 7.11 Å². The minimum atomic E-state index is -0.128. The molecule has 66 valence electrons. The summed E-state index contributed by atoms with van der Waals surface area (Å²) in [7, 11) is 1.47. The van der Waals surface area contributed by atoms with Crippen LogP contribution in [0.15, 0.2) is 11.0 Å². The molecule has 0 saturated carbocycles. The van der Waals surface area contributed by atoms with Crippen LogP contribution >= 0.6 is 0 Å². The molecule has 0 unspecified atom stereocenters. The van der Waals surface area contributed by atoms with Gasteiger partial charge < -0.3 is 15.5 Å². The Hall–Kier alpha value is -1.29. The number of H-pyrrole nitrogens is 1. The third-order valence-corrected chi connectivity index (χ3v) is 1.73. The van der Waals surface area contributed by atoms with E-state index in [0.29, 0.717) is 11.3 Å². The van der Waals surface area contributed by atoms with Crippen LogP contribution < -0.4 is 15.9 Å². The number of rotatable bonds is 2. The smallest absolute Gasteiger partial charge is 0.228 e. The van der Waals surface area contributed by atoms with Crippen LogP contribution in [0.1, 0.15) is 11.3 Å². The average Bonchev–Trinajstić information content (AvgIpc) is 2.06. The quantitative estimate of drug-likeness (QED) is 0.660. The van der Waals surface area contributed by atoms with Gasteiger partial charge in [-0.2, -0.15) is 0 Å². The van der Waals surface area contributed by atoms with Gasteiger partial charge in [-0.25, -0.2) is 0 Å². The van der Waals surface area contributed by atoms with Crippen LogP contribution in [0.2, 0.25) is 0 Å². The minimum absolute atomic E-state index is 0.128. The van der Waals surface area contributed by atoms with E-state index in [0.717, 1.165) is 5.69 Å². The van der Waals surface area contributed by atoms with Crippen LogP contribution in [0.25, 0.3) is 0 Å². The fourth-order valence-corrected chi connectivity index (χ4v) is 1.04. The van der Waals surface area contributed by atoms with Gasteiger partial charge in [-0.15, -0.1) is 0 Å². The summed E-state index contributed by atoms with van der Waals surface area (Å²) in [5.74, 6) is 0.345. The molecule has 4 nitrogen and oxygen atoms in total. The summed E-state index contributed by atoms with van der Waals surface area (Å²) >= 11 is 0. The first-order valence-corrected chi connectivity index (χ1v) is 3.66. The van der Waals surface area contributed by atoms with E-state index < -0.39 is 0 Å². The number of nitrogens with one attached hydrogen (secondary N) is 1. The van der Waals surface area contributed by atoms with Gasteiger partial charge in [0, 0.05) is 18.3 Å². The molecule has 0 aromatic carbocycles. The second-order valence-electron chi connectivity index (χ2n) is 2.51. The van der Waals surface area contributed by atoms with Gasteiger partial charge in [0.25, 0.3) is 0 Å². The van der Waals surface area contributed by atoms with Gasteiger partial charge in [0.15, 0.2) is 5.75 Å². The third kappa shape index (κ3) is 1.33. The third-order valence-electron chi connectivity index (χ3n) is 1.73. The van der Waals surface area contributed by atoms with E-state index >= 15 is 0 Å². The van der Waals surface area contributed by atoms with E-state index in [9.17, 15) is 4.79 Å². The molecule has 4 heteroatoms. The predicted molar refractivity (Wildman–Crippen MR) is 46.2 cm³/mol. The fourth-order valence-electron chi connectivity index (χ4n) is 1.04. The highest BCUT2D eigenvalue weighted by molar-refractivity contribution is 5.30. The lowest BCUT2D eigenvalue weighted by molar-refractivity contribution is 0.404. The van der Waals surface area contributed by atoms with Crippen molar-refractivity contribution in [3.05, 3.63) is 27.7 Å². The maximum Gasteiger partial charge on any atom is 0.228 e. The Morgan fingerprint density at radius 1 is 1.67 bits per heavy atom. The largest absolute Gasteiger partial charge is 0.491 e. The minimum Gasteiger partial charge on any atom is -0.491 e. The number of ether oxygens (including phenoxy) is 1. The van der Waals surface area contributed by atoms with Crippen molar-refractivity contribution in [3.63, 3.8) is 0 Å². The zero-order valence-electron chi connectivity index (χ0n) is 7.18. The average molecular weight is 168 g/mol. The van der Waals surface area contributed by atoms with E-state index in [1.807, 2.05) is 0 Å². The van der Waals surface area contributed by atoms with Crippen molar-refractivity contribution in [2.75, 3.05) is 7.11 Å². The normalized spacial score (nSPS) is 9.92. The fraction of sp³-hybridized carbons (Fsp3) is 0.375. The van der Waals surface area contributed by atoms with Crippen LogP contribution in [0.4, 0.5) is 0 Å². The van der Waals surface area contributed by atoms with Crippen LogP contribution in [0.5, 0.6) is 5.75 Å². The van der Waals surface area contributed by atoms with Crippen LogP contribution in [0, 0.1) is 6.92 Å². The Bertz CT molecular complexity index is 330. The summed E-state index contributed by atoms with van der Waals surface area (Å²) in [6.45, 7) is 2.01. The lowest BCUT2D eigenvalue weighted by Gasteiger charge is -2.04. The zero-order chi connectivity index (χ0) is 9.14. The number of pyridine rings is 1. The Balaban J connectivity index is 3.34. The number of nitrogens with two attached hydrogens (primary N) is 1. The van der Waals surface area contributed by atoms with Crippen molar-refractivity contribution in [1.29, 1.82) is 0 Å². The van der Waals surface area contributed by atoms with E-state index in [4.69, 9.17) is 10.5 Å². The van der Waals surface area contributed by atoms with Crippen molar-refractivity contribution in [1.82, 2.24) is 4.98 Å². The van der Waals surface area contributed by atoms with E-state index in [2.05, 4.69) is 4.98 Å². The lowest BCUT2D eigenvalue weighted by Crippen LogP contribution is -2.16. The number of aryl methyl sites for hydroxylation is 1. The summed E-state index contributed by atoms with van der Waals surface area (Å²) in [6, 6.07) is 0. The molecular weight excluding hydrogens is 156 g/mol. The highest BCUT2D eigenvalue weighted by Crippen LogP contribution is 2.08. The van der Waals surface area contributed by atoms with Crippen LogP contribution in [0.3, 0.4) is 0 Å². The number of hydrogen-bond acceptors (Lipinski definition) is 3. The Kier molecular flexibility index (Phi) is 2.50. The molecule has 1 aromatic rings. The van der Waals surface area contributed by atoms with Crippen LogP contribution in [-0.4, -0.2) is 12.1 Å². The van der Waals surface area contributed by atoms with Crippen molar-refractivity contribution >= 4 is 0 Å². The van der Waals surface area contributed by atoms with Gasteiger partial charge >= 0.3 is 0 Å². The van der Waals surface area contributed by atoms with Crippen molar-refractivity contribution < 1.29 is 4.74 Å². The molecule has 0 aliphatic carbocycles. The SMILES string of the molecule is COc1c(C)[nH]cc(CN)c1=O. The predicted octanol–water partition coefficient (Wildman–Crippen LogP) is 0.151. The standard InChI is InChI=1S/C8H12N2O2/c1-5-8(12-2)7(11)6(3-9)4-10-5/h4H,3,9H2,1-2H3,(H,10,11). The molecule has 3 N–H and O–H groups in total. The van der Waals surface area contributed by atoms with Crippen molar-refractivity contribution in [2.45, 2.75) is 13.5 Å². The van der Waals surface area contributed by atoms with Crippen LogP contribution in [-0.2, 0) is 6.54 Å². The van der Waals surface area contributed by atoms with Gasteiger partial charge in [-0.3, -0.25) is 4.79 Å². The monoisotopic (exact) mass is 168 g/mol. The molecule has 0 spiro atoms. The van der Waals surface area contributed by atoms with Crippen molar-refractivity contribution in [3.8, 4) is 5.75 Å². The first kappa shape index (κ1) is 8.80. The molecule has 0 amide bonds. The molecule has 0 atom stereocenters. The van der Waals surface area contributed by atoms with E-state index in [1.54, 1.807) is 13.1 Å². The molecule has 1 heterocycles. The second kappa shape index (κ2) is 3.40. The summed E-state index contributed by atoms with van der Waals surface area (Å²) in [5, 5.41) is 0. The summed E-state index contributed by atoms with van der Waals surface area (Å²) < 4.78 is 4.92. The van der Waals surface area contributed by atoms with E-state index in [-0.39, 0.29) is 12.0 Å². The summed E-state index contributed by atoms with van der Waals surface area (Å²) in [5.41, 5.74) is 6.48. The summed E-state index contributed by atoms with van der Waals surface area (Å²) in [4.78, 5) is 14.3. The maximum atomic E-state index is 11.4. The second-order valence-corrected chi connectivity index (χ2v) is 2.51. The molecule has 0 saturated heterocycles. The first-order valence-electron chi connectivity index (χ1n) is 3.66. The molecule has 0 aliphatic rings. The highest BCUT2D eigenvalue weighted by Gasteiger charge is 2.06. The lowest BCUT2D eigenvalue weighted by atomic mass is 10.2. The van der Waals surface area contributed by atoms with Gasteiger partial charge in [0.05, 0.1) is 12.8 Å². The Labute approximate surface area is 70.4 Å². The first-order chi connectivity index (χ1) is 5.70. The molecule has 0 bridgehead atoms. The molecular formula is C8H12N2O2. The topological polar surface area (TPSA) is 68.1 Å². The number of aromatic amines is 1. The number of hydrogen-bond donors (Lipinski definition) is 2. The Morgan fingerprint density at radius 2 is 2.33 bits per heavy atom. The summed E-state index contributed by atoms with van der Waals surface area (Å²) in [6.07, 6.45) is 1.61. The highest BCUT2D eigenvalue weighted by atomic mass is 16.5. The number of aromatic nitrogens is 1. The molecule has 1 aromatic heterocycles. The van der Waals surface area contributed by atoms with Gasteiger partial charge in [-0.05, 0) is 6.92 Å². The number of methoxy groups -OCH3 is 1. The molecule has 0 fully saturated rings. The van der Waals surface area contributed by atoms with Gasteiger partial charge in [-0.1, -0.05) is 0 Å². The molecule has 1 rings (SSSR count). The zero-order valence-corrected chi connectivity index (χ0v) is 7.18. The molecule has 0 aliphatic heterocycles. The Morgan fingerprint density at radius 3 is 2.83 bits per heavy atom. The van der Waals surface area contributed by atoms with Gasteiger partial charge in [0.2, 0.25) is 5.43 Å². The molecule has 0 radical (unpaired) electrons. The van der Waals surface area contributed by atoms with Gasteiger partial charge in [0.1, 0.15) is 0 Å². The maximum absolute atomic E-state index is 11.4. The molecule has 12 heavy (non-hydrogen) atoms. The van der Waals surface area contributed by atoms with Crippen molar-refractivity contribution in [2.24, 2.45) is 5.73 Å².